The zero-order valence-corrected chi connectivity index (χ0v) is 9.15. The summed E-state index contributed by atoms with van der Waals surface area (Å²) in [5.74, 6) is -3.63. The number of amides is 2. The van der Waals surface area contributed by atoms with Gasteiger partial charge >= 0.3 is 5.70 Å². The average molecular weight is 291 g/mol. The van der Waals surface area contributed by atoms with Crippen molar-refractivity contribution in [2.24, 2.45) is 5.92 Å². The maximum Gasteiger partial charge on any atom is 0.302 e. The highest BCUT2D eigenvalue weighted by Gasteiger charge is 2.55. The zero-order valence-electron chi connectivity index (χ0n) is 7.57. The number of hydrogen-bond donors (Lipinski definition) is 1. The number of carbonyl (C=O) groups is 2. The summed E-state index contributed by atoms with van der Waals surface area (Å²) in [6.45, 7) is 0. The Hall–Kier alpha value is -1.57. The van der Waals surface area contributed by atoms with E-state index in [1.807, 2.05) is 5.32 Å². The molecule has 2 amide bonds. The molecule has 8 heteroatoms. The van der Waals surface area contributed by atoms with E-state index in [-0.39, 0.29) is 0 Å². The van der Waals surface area contributed by atoms with Crippen molar-refractivity contribution < 1.29 is 18.9 Å². The van der Waals surface area contributed by atoms with Gasteiger partial charge in [-0.2, -0.15) is 4.39 Å². The van der Waals surface area contributed by atoms with Gasteiger partial charge in [0, 0.05) is 6.08 Å². The molecule has 2 rings (SSSR count). The quantitative estimate of drug-likeness (QED) is 0.328. The first-order chi connectivity index (χ1) is 7.36. The molecular formula is C8H4BrFN2O4. The lowest BCUT2D eigenvalue weighted by molar-refractivity contribution is -0.423. The smallest absolute Gasteiger partial charge is 0.294 e. The number of halogens is 2. The van der Waals surface area contributed by atoms with E-state index in [0.29, 0.717) is 0 Å². The molecule has 1 saturated heterocycles. The molecule has 0 radical (unpaired) electrons. The molecule has 0 spiro atoms. The van der Waals surface area contributed by atoms with Gasteiger partial charge in [-0.25, -0.2) is 0 Å². The van der Waals surface area contributed by atoms with Gasteiger partial charge in [0.15, 0.2) is 5.83 Å². The van der Waals surface area contributed by atoms with Crippen molar-refractivity contribution >= 4 is 27.7 Å². The molecule has 2 aliphatic rings. The first kappa shape index (κ1) is 10.9. The highest BCUT2D eigenvalue weighted by atomic mass is 79.9. The van der Waals surface area contributed by atoms with E-state index in [2.05, 4.69) is 15.9 Å². The van der Waals surface area contributed by atoms with Crippen molar-refractivity contribution in [3.8, 4) is 0 Å². The van der Waals surface area contributed by atoms with Crippen LogP contribution >= 0.6 is 15.9 Å². The summed E-state index contributed by atoms with van der Waals surface area (Å²) < 4.78 is 11.7. The van der Waals surface area contributed by atoms with Crippen LogP contribution in [0.3, 0.4) is 0 Å². The monoisotopic (exact) mass is 290 g/mol. The molecule has 2 unspecified atom stereocenters. The van der Waals surface area contributed by atoms with Gasteiger partial charge in [-0.15, -0.1) is 0 Å². The Labute approximate surface area is 96.5 Å². The number of carbonyl (C=O) groups excluding carboxylic acids is 2. The van der Waals surface area contributed by atoms with Crippen molar-refractivity contribution in [2.75, 3.05) is 0 Å². The molecule has 1 fully saturated rings. The van der Waals surface area contributed by atoms with Crippen LogP contribution in [-0.2, 0) is 9.59 Å². The number of nitrogens with one attached hydrogen (secondary N) is 1. The molecule has 1 aliphatic heterocycles. The Morgan fingerprint density at radius 2 is 2.19 bits per heavy atom. The molecule has 1 heterocycles. The van der Waals surface area contributed by atoms with Crippen LogP contribution in [0.15, 0.2) is 23.7 Å². The lowest BCUT2D eigenvalue weighted by Crippen LogP contribution is -2.36. The minimum Gasteiger partial charge on any atom is -0.294 e. The maximum atomic E-state index is 13.2. The fourth-order valence-corrected chi connectivity index (χ4v) is 2.27. The third-order valence-electron chi connectivity index (χ3n) is 2.42. The van der Waals surface area contributed by atoms with Crippen LogP contribution in [0, 0.1) is 16.0 Å². The Morgan fingerprint density at radius 3 is 2.75 bits per heavy atom. The van der Waals surface area contributed by atoms with Gasteiger partial charge in [0.25, 0.3) is 0 Å². The second-order valence-electron chi connectivity index (χ2n) is 3.37. The molecule has 1 N–H and O–H groups in total. The van der Waals surface area contributed by atoms with Gasteiger partial charge in [-0.1, -0.05) is 15.9 Å². The van der Waals surface area contributed by atoms with Crippen molar-refractivity contribution in [3.05, 3.63) is 33.8 Å². The molecular weight excluding hydrogens is 287 g/mol. The minimum atomic E-state index is -1.55. The third kappa shape index (κ3) is 1.29. The maximum absolute atomic E-state index is 13.2. The second kappa shape index (κ2) is 3.21. The summed E-state index contributed by atoms with van der Waals surface area (Å²) >= 11 is 2.94. The van der Waals surface area contributed by atoms with Crippen molar-refractivity contribution in [3.63, 3.8) is 0 Å². The fraction of sp³-hybridized carbons (Fsp3) is 0.250. The number of alkyl halides is 1. The van der Waals surface area contributed by atoms with Gasteiger partial charge in [0.05, 0.1) is 10.8 Å². The third-order valence-corrected chi connectivity index (χ3v) is 3.50. The Bertz CT molecular complexity index is 486. The first-order valence-electron chi connectivity index (χ1n) is 4.15. The number of fused-ring (bicyclic) bond motifs is 1. The first-order valence-corrected chi connectivity index (χ1v) is 4.94. The van der Waals surface area contributed by atoms with Gasteiger partial charge in [0.2, 0.25) is 11.8 Å². The standard InChI is InChI=1S/C8H4BrFN2O4/c9-8-2-5(12(15)16)4(10)1-3(8)6(13)11-7(8)14/h1-3H,(H,11,13,14). The van der Waals surface area contributed by atoms with E-state index in [1.165, 1.54) is 0 Å². The molecule has 16 heavy (non-hydrogen) atoms. The Morgan fingerprint density at radius 1 is 1.56 bits per heavy atom. The van der Waals surface area contributed by atoms with E-state index in [0.717, 1.165) is 12.2 Å². The molecule has 0 saturated carbocycles. The summed E-state index contributed by atoms with van der Waals surface area (Å²) in [6, 6.07) is 0. The topological polar surface area (TPSA) is 89.3 Å². The number of imide groups is 1. The number of allylic oxidation sites excluding steroid dienone is 1. The SMILES string of the molecule is O=C1NC(=O)C2(Br)C=C([N+](=O)[O-])C(F)=CC12. The lowest BCUT2D eigenvalue weighted by Gasteiger charge is -2.21. The summed E-state index contributed by atoms with van der Waals surface area (Å²) in [4.78, 5) is 32.3. The van der Waals surface area contributed by atoms with Crippen molar-refractivity contribution in [1.82, 2.24) is 5.32 Å². The highest BCUT2D eigenvalue weighted by Crippen LogP contribution is 2.41. The van der Waals surface area contributed by atoms with Gasteiger partial charge in [-0.05, 0) is 6.08 Å². The van der Waals surface area contributed by atoms with Crippen molar-refractivity contribution in [2.45, 2.75) is 4.32 Å². The molecule has 1 aliphatic carbocycles. The van der Waals surface area contributed by atoms with Crippen LogP contribution in [0.1, 0.15) is 0 Å². The number of rotatable bonds is 1. The molecule has 0 aromatic carbocycles. The van der Waals surface area contributed by atoms with Gasteiger partial charge in [0.1, 0.15) is 4.32 Å². The summed E-state index contributed by atoms with van der Waals surface area (Å²) in [5, 5.41) is 12.5. The summed E-state index contributed by atoms with van der Waals surface area (Å²) in [5.41, 5.74) is -0.821. The van der Waals surface area contributed by atoms with Crippen LogP contribution in [0.25, 0.3) is 0 Å². The summed E-state index contributed by atoms with van der Waals surface area (Å²) in [7, 11) is 0. The minimum absolute atomic E-state index is 0.685. The molecule has 0 bridgehead atoms. The van der Waals surface area contributed by atoms with E-state index in [4.69, 9.17) is 0 Å². The average Bonchev–Trinajstić information content (AvgIpc) is 2.39. The lowest BCUT2D eigenvalue weighted by atomic mass is 9.89. The molecule has 2 atom stereocenters. The normalized spacial score (nSPS) is 32.8. The Balaban J connectivity index is 2.56. The van der Waals surface area contributed by atoms with Gasteiger partial charge in [-0.3, -0.25) is 25.0 Å². The van der Waals surface area contributed by atoms with E-state index in [1.54, 1.807) is 0 Å². The largest absolute Gasteiger partial charge is 0.302 e. The van der Waals surface area contributed by atoms with Gasteiger partial charge < -0.3 is 0 Å². The second-order valence-corrected chi connectivity index (χ2v) is 4.68. The Kier molecular flexibility index (Phi) is 2.19. The molecule has 0 aromatic rings. The molecule has 0 aromatic heterocycles. The predicted octanol–water partition coefficient (Wildman–Crippen LogP) is 0.420. The summed E-state index contributed by atoms with van der Waals surface area (Å²) in [6.07, 6.45) is 1.58. The van der Waals surface area contributed by atoms with E-state index in [9.17, 15) is 24.1 Å². The van der Waals surface area contributed by atoms with Crippen LogP contribution in [0.2, 0.25) is 0 Å². The van der Waals surface area contributed by atoms with Crippen LogP contribution in [0.4, 0.5) is 4.39 Å². The fourth-order valence-electron chi connectivity index (χ4n) is 1.61. The molecule has 6 nitrogen and oxygen atoms in total. The number of nitro groups is 1. The van der Waals surface area contributed by atoms with E-state index < -0.39 is 38.5 Å². The number of nitrogens with zero attached hydrogens (tertiary/aromatic N) is 1. The number of hydrogen-bond acceptors (Lipinski definition) is 4. The van der Waals surface area contributed by atoms with Crippen LogP contribution in [-0.4, -0.2) is 21.1 Å². The van der Waals surface area contributed by atoms with Crippen molar-refractivity contribution in [1.29, 1.82) is 0 Å². The molecule has 84 valence electrons. The zero-order chi connectivity index (χ0) is 12.1. The predicted molar refractivity (Wildman–Crippen MR) is 52.6 cm³/mol. The van der Waals surface area contributed by atoms with Crippen LogP contribution in [0.5, 0.6) is 0 Å². The van der Waals surface area contributed by atoms with Crippen LogP contribution < -0.4 is 5.32 Å². The van der Waals surface area contributed by atoms with E-state index >= 15 is 0 Å². The highest BCUT2D eigenvalue weighted by molar-refractivity contribution is 9.10.